The Morgan fingerprint density at radius 2 is 2.29 bits per heavy atom. The first-order valence-corrected chi connectivity index (χ1v) is 4.87. The van der Waals surface area contributed by atoms with E-state index >= 15 is 0 Å². The van der Waals surface area contributed by atoms with Gasteiger partial charge in [-0.05, 0) is 38.0 Å². The number of benzene rings is 1. The summed E-state index contributed by atoms with van der Waals surface area (Å²) in [4.78, 5) is 0. The third kappa shape index (κ3) is 1.97. The third-order valence-electron chi connectivity index (χ3n) is 2.35. The van der Waals surface area contributed by atoms with E-state index in [4.69, 9.17) is 9.47 Å². The van der Waals surface area contributed by atoms with Crippen LogP contribution in [0.4, 0.5) is 0 Å². The Hall–Kier alpha value is -0.860. The molecule has 1 radical (unpaired) electrons. The van der Waals surface area contributed by atoms with Crippen molar-refractivity contribution in [3.63, 3.8) is 0 Å². The summed E-state index contributed by atoms with van der Waals surface area (Å²) >= 11 is 0. The highest BCUT2D eigenvalue weighted by Crippen LogP contribution is 2.32. The minimum atomic E-state index is -0.446. The first kappa shape index (κ1) is 9.69. The van der Waals surface area contributed by atoms with Crippen molar-refractivity contribution in [2.24, 2.45) is 0 Å². The van der Waals surface area contributed by atoms with E-state index in [1.807, 2.05) is 32.9 Å². The van der Waals surface area contributed by atoms with Gasteiger partial charge in [-0.3, -0.25) is 0 Å². The summed E-state index contributed by atoms with van der Waals surface area (Å²) in [6, 6.07) is 9.17. The van der Waals surface area contributed by atoms with Gasteiger partial charge in [-0.25, -0.2) is 0 Å². The van der Waals surface area contributed by atoms with E-state index in [1.54, 1.807) is 0 Å². The maximum atomic E-state index is 5.75. The van der Waals surface area contributed by atoms with Crippen LogP contribution in [-0.2, 0) is 9.47 Å². The standard InChI is InChI=1S/C12H15O2/c1-9-5-4-6-10(7-9)11-8-13-12(2,3)14-11/h4,6-7,11H,8H2,1-3H3/t11-/m1/s1. The zero-order chi connectivity index (χ0) is 10.2. The molecule has 0 aromatic heterocycles. The summed E-state index contributed by atoms with van der Waals surface area (Å²) in [6.07, 6.45) is 0.0679. The summed E-state index contributed by atoms with van der Waals surface area (Å²) in [5, 5.41) is 0. The maximum absolute atomic E-state index is 5.75. The van der Waals surface area contributed by atoms with E-state index in [0.717, 1.165) is 5.56 Å². The van der Waals surface area contributed by atoms with Crippen molar-refractivity contribution >= 4 is 0 Å². The Bertz CT molecular complexity index is 331. The summed E-state index contributed by atoms with van der Waals surface area (Å²) in [7, 11) is 0. The van der Waals surface area contributed by atoms with Crippen LogP contribution in [0.1, 0.15) is 31.1 Å². The monoisotopic (exact) mass is 191 g/mol. The molecule has 0 aliphatic carbocycles. The molecule has 75 valence electrons. The lowest BCUT2D eigenvalue weighted by molar-refractivity contribution is -0.139. The van der Waals surface area contributed by atoms with Crippen molar-refractivity contribution in [2.75, 3.05) is 6.61 Å². The molecule has 0 N–H and O–H groups in total. The maximum Gasteiger partial charge on any atom is 0.163 e. The van der Waals surface area contributed by atoms with Crippen molar-refractivity contribution in [1.29, 1.82) is 0 Å². The molecule has 1 heterocycles. The fourth-order valence-electron chi connectivity index (χ4n) is 1.66. The Labute approximate surface area is 84.8 Å². The predicted octanol–water partition coefficient (Wildman–Crippen LogP) is 2.62. The smallest absolute Gasteiger partial charge is 0.163 e. The average molecular weight is 191 g/mol. The highest BCUT2D eigenvalue weighted by molar-refractivity contribution is 5.23. The molecule has 0 bridgehead atoms. The van der Waals surface area contributed by atoms with E-state index in [9.17, 15) is 0 Å². The average Bonchev–Trinajstić information content (AvgIpc) is 2.46. The molecule has 1 aromatic rings. The van der Waals surface area contributed by atoms with Gasteiger partial charge in [0.1, 0.15) is 6.10 Å². The van der Waals surface area contributed by atoms with E-state index in [2.05, 4.69) is 12.1 Å². The second kappa shape index (κ2) is 3.37. The highest BCUT2D eigenvalue weighted by Gasteiger charge is 2.33. The van der Waals surface area contributed by atoms with E-state index < -0.39 is 5.79 Å². The summed E-state index contributed by atoms with van der Waals surface area (Å²) in [5.41, 5.74) is 2.31. The van der Waals surface area contributed by atoms with Crippen LogP contribution in [0.15, 0.2) is 18.2 Å². The zero-order valence-electron chi connectivity index (χ0n) is 8.83. The van der Waals surface area contributed by atoms with Crippen LogP contribution in [-0.4, -0.2) is 12.4 Å². The van der Waals surface area contributed by atoms with Crippen molar-refractivity contribution in [3.05, 3.63) is 35.4 Å². The van der Waals surface area contributed by atoms with Gasteiger partial charge in [-0.15, -0.1) is 0 Å². The molecule has 0 saturated carbocycles. The molecule has 1 fully saturated rings. The molecule has 1 atom stereocenters. The van der Waals surface area contributed by atoms with Crippen LogP contribution in [0.2, 0.25) is 0 Å². The Balaban J connectivity index is 2.17. The summed E-state index contributed by atoms with van der Waals surface area (Å²) in [5.74, 6) is -0.446. The first-order valence-electron chi connectivity index (χ1n) is 4.87. The lowest BCUT2D eigenvalue weighted by atomic mass is 10.1. The van der Waals surface area contributed by atoms with Crippen LogP contribution in [0.3, 0.4) is 0 Å². The normalized spacial score (nSPS) is 25.2. The molecule has 1 saturated heterocycles. The predicted molar refractivity (Wildman–Crippen MR) is 53.9 cm³/mol. The van der Waals surface area contributed by atoms with Gasteiger partial charge in [0.2, 0.25) is 0 Å². The van der Waals surface area contributed by atoms with Crippen LogP contribution in [0.5, 0.6) is 0 Å². The summed E-state index contributed by atoms with van der Waals surface area (Å²) in [6.45, 7) is 6.55. The van der Waals surface area contributed by atoms with Crippen LogP contribution in [0.25, 0.3) is 0 Å². The van der Waals surface area contributed by atoms with Gasteiger partial charge < -0.3 is 9.47 Å². The second-order valence-corrected chi connectivity index (χ2v) is 4.12. The van der Waals surface area contributed by atoms with Gasteiger partial charge >= 0.3 is 0 Å². The largest absolute Gasteiger partial charge is 0.347 e. The van der Waals surface area contributed by atoms with Gasteiger partial charge in [-0.2, -0.15) is 0 Å². The SMILES string of the molecule is Cc1[c]ccc([C@H]2COC(C)(C)O2)c1. The fourth-order valence-corrected chi connectivity index (χ4v) is 1.66. The van der Waals surface area contributed by atoms with Crippen molar-refractivity contribution in [1.82, 2.24) is 0 Å². The van der Waals surface area contributed by atoms with E-state index in [0.29, 0.717) is 6.61 Å². The minimum absolute atomic E-state index is 0.0679. The van der Waals surface area contributed by atoms with Gasteiger partial charge in [0.15, 0.2) is 5.79 Å². The number of ether oxygens (including phenoxy) is 2. The van der Waals surface area contributed by atoms with Crippen molar-refractivity contribution in [3.8, 4) is 0 Å². The lowest BCUT2D eigenvalue weighted by Gasteiger charge is -2.17. The molecule has 0 amide bonds. The Morgan fingerprint density at radius 3 is 2.86 bits per heavy atom. The van der Waals surface area contributed by atoms with E-state index in [-0.39, 0.29) is 6.10 Å². The molecule has 2 heteroatoms. The molecular formula is C12H15O2. The minimum Gasteiger partial charge on any atom is -0.347 e. The summed E-state index contributed by atoms with van der Waals surface area (Å²) < 4.78 is 11.3. The van der Waals surface area contributed by atoms with Gasteiger partial charge in [-0.1, -0.05) is 18.2 Å². The topological polar surface area (TPSA) is 18.5 Å². The first-order chi connectivity index (χ1) is 6.57. The molecule has 1 aromatic carbocycles. The van der Waals surface area contributed by atoms with Gasteiger partial charge in [0, 0.05) is 0 Å². The Morgan fingerprint density at radius 1 is 1.50 bits per heavy atom. The van der Waals surface area contributed by atoms with Crippen molar-refractivity contribution < 1.29 is 9.47 Å². The molecular weight excluding hydrogens is 176 g/mol. The molecule has 2 rings (SSSR count). The molecule has 2 nitrogen and oxygen atoms in total. The number of aryl methyl sites for hydroxylation is 1. The van der Waals surface area contributed by atoms with Gasteiger partial charge in [0.05, 0.1) is 6.61 Å². The quantitative estimate of drug-likeness (QED) is 0.679. The molecule has 0 unspecified atom stereocenters. The molecule has 1 aliphatic rings. The number of hydrogen-bond donors (Lipinski definition) is 0. The number of rotatable bonds is 1. The van der Waals surface area contributed by atoms with Gasteiger partial charge in [0.25, 0.3) is 0 Å². The lowest BCUT2D eigenvalue weighted by Crippen LogP contribution is -2.19. The zero-order valence-corrected chi connectivity index (χ0v) is 8.83. The van der Waals surface area contributed by atoms with Crippen LogP contribution >= 0.6 is 0 Å². The molecule has 1 aliphatic heterocycles. The number of hydrogen-bond acceptors (Lipinski definition) is 2. The highest BCUT2D eigenvalue weighted by atomic mass is 16.7. The molecule has 0 spiro atoms. The van der Waals surface area contributed by atoms with Crippen LogP contribution in [0, 0.1) is 13.0 Å². The fraction of sp³-hybridized carbons (Fsp3) is 0.500. The van der Waals surface area contributed by atoms with E-state index in [1.165, 1.54) is 5.56 Å². The second-order valence-electron chi connectivity index (χ2n) is 4.12. The van der Waals surface area contributed by atoms with Crippen LogP contribution < -0.4 is 0 Å². The third-order valence-corrected chi connectivity index (χ3v) is 2.35. The Kier molecular flexibility index (Phi) is 2.33. The van der Waals surface area contributed by atoms with Crippen molar-refractivity contribution in [2.45, 2.75) is 32.7 Å². The molecule has 14 heavy (non-hydrogen) atoms.